The zero-order chi connectivity index (χ0) is 17.1. The van der Waals surface area contributed by atoms with Crippen LogP contribution >= 0.6 is 11.6 Å². The lowest BCUT2D eigenvalue weighted by Crippen LogP contribution is -2.43. The zero-order valence-corrected chi connectivity index (χ0v) is 14.2. The lowest BCUT2D eigenvalue weighted by Gasteiger charge is -2.31. The molecule has 1 N–H and O–H groups in total. The number of nitrogens with zero attached hydrogens (tertiary/aromatic N) is 1. The van der Waals surface area contributed by atoms with Gasteiger partial charge in [-0.15, -0.1) is 0 Å². The Labute approximate surface area is 145 Å². The van der Waals surface area contributed by atoms with E-state index in [9.17, 15) is 9.59 Å². The molecule has 0 aliphatic carbocycles. The van der Waals surface area contributed by atoms with Crippen LogP contribution in [0.3, 0.4) is 0 Å². The molecule has 24 heavy (non-hydrogen) atoms. The Balaban J connectivity index is 1.65. The minimum absolute atomic E-state index is 0.102. The Morgan fingerprint density at radius 3 is 2.88 bits per heavy atom. The summed E-state index contributed by atoms with van der Waals surface area (Å²) >= 11 is 6.17. The van der Waals surface area contributed by atoms with Gasteiger partial charge in [-0.05, 0) is 43.5 Å². The standard InChI is InChI=1S/C18H19ClN2O3/c1-12-4-5-16(15(19)9-12)20-17(22)13-3-2-7-21(10-13)18(23)14-6-8-24-11-14/h4-6,8-9,11,13H,2-3,7,10H2,1H3,(H,20,22)/t13-/m1/s1. The van der Waals surface area contributed by atoms with Crippen LogP contribution < -0.4 is 5.32 Å². The largest absolute Gasteiger partial charge is 0.472 e. The van der Waals surface area contributed by atoms with E-state index in [4.69, 9.17) is 16.0 Å². The van der Waals surface area contributed by atoms with Gasteiger partial charge in [0.1, 0.15) is 6.26 Å². The molecule has 1 aromatic heterocycles. The number of piperidine rings is 1. The molecule has 6 heteroatoms. The molecule has 0 unspecified atom stereocenters. The van der Waals surface area contributed by atoms with Crippen molar-refractivity contribution in [3.8, 4) is 0 Å². The summed E-state index contributed by atoms with van der Waals surface area (Å²) in [4.78, 5) is 26.6. The number of carbonyl (C=O) groups is 2. The average molecular weight is 347 g/mol. The quantitative estimate of drug-likeness (QED) is 0.921. The molecular weight excluding hydrogens is 328 g/mol. The van der Waals surface area contributed by atoms with E-state index in [2.05, 4.69) is 5.32 Å². The molecule has 1 fully saturated rings. The van der Waals surface area contributed by atoms with Crippen LogP contribution in [0.25, 0.3) is 0 Å². The Hall–Kier alpha value is -2.27. The van der Waals surface area contributed by atoms with Crippen molar-refractivity contribution < 1.29 is 14.0 Å². The first-order valence-corrected chi connectivity index (χ1v) is 8.31. The first-order valence-electron chi connectivity index (χ1n) is 7.93. The number of furan rings is 1. The molecule has 0 saturated carbocycles. The van der Waals surface area contributed by atoms with Crippen molar-refractivity contribution in [2.24, 2.45) is 5.92 Å². The SMILES string of the molecule is Cc1ccc(NC(=O)[C@@H]2CCCN(C(=O)c3ccoc3)C2)c(Cl)c1. The van der Waals surface area contributed by atoms with Gasteiger partial charge < -0.3 is 14.6 Å². The number of halogens is 1. The van der Waals surface area contributed by atoms with Crippen LogP contribution in [0.15, 0.2) is 41.2 Å². The van der Waals surface area contributed by atoms with E-state index in [0.29, 0.717) is 29.4 Å². The molecule has 2 amide bonds. The number of carbonyl (C=O) groups excluding carboxylic acids is 2. The molecule has 1 saturated heterocycles. The number of amides is 2. The predicted molar refractivity (Wildman–Crippen MR) is 92.2 cm³/mol. The number of hydrogen-bond donors (Lipinski definition) is 1. The molecular formula is C18H19ClN2O3. The third-order valence-corrected chi connectivity index (χ3v) is 4.54. The van der Waals surface area contributed by atoms with Gasteiger partial charge in [0, 0.05) is 13.1 Å². The monoisotopic (exact) mass is 346 g/mol. The van der Waals surface area contributed by atoms with Crippen molar-refractivity contribution in [3.05, 3.63) is 52.9 Å². The Morgan fingerprint density at radius 2 is 2.17 bits per heavy atom. The van der Waals surface area contributed by atoms with Crippen LogP contribution in [0.5, 0.6) is 0 Å². The van der Waals surface area contributed by atoms with Crippen LogP contribution in [0.4, 0.5) is 5.69 Å². The maximum Gasteiger partial charge on any atom is 0.257 e. The van der Waals surface area contributed by atoms with Crippen molar-refractivity contribution in [2.75, 3.05) is 18.4 Å². The average Bonchev–Trinajstić information content (AvgIpc) is 3.11. The van der Waals surface area contributed by atoms with Gasteiger partial charge in [0.2, 0.25) is 5.91 Å². The molecule has 3 rings (SSSR count). The lowest BCUT2D eigenvalue weighted by atomic mass is 9.96. The summed E-state index contributed by atoms with van der Waals surface area (Å²) < 4.78 is 4.96. The fourth-order valence-electron chi connectivity index (χ4n) is 2.90. The number of nitrogens with one attached hydrogen (secondary N) is 1. The highest BCUT2D eigenvalue weighted by atomic mass is 35.5. The zero-order valence-electron chi connectivity index (χ0n) is 13.4. The van der Waals surface area contributed by atoms with Crippen LogP contribution in [0.2, 0.25) is 5.02 Å². The van der Waals surface area contributed by atoms with Gasteiger partial charge in [-0.25, -0.2) is 0 Å². The highest BCUT2D eigenvalue weighted by molar-refractivity contribution is 6.33. The summed E-state index contributed by atoms with van der Waals surface area (Å²) in [6.45, 7) is 3.00. The lowest BCUT2D eigenvalue weighted by molar-refractivity contribution is -0.121. The molecule has 0 spiro atoms. The number of aryl methyl sites for hydroxylation is 1. The van der Waals surface area contributed by atoms with Crippen molar-refractivity contribution in [2.45, 2.75) is 19.8 Å². The van der Waals surface area contributed by atoms with Crippen molar-refractivity contribution in [1.29, 1.82) is 0 Å². The van der Waals surface area contributed by atoms with E-state index in [-0.39, 0.29) is 17.7 Å². The molecule has 0 bridgehead atoms. The van der Waals surface area contributed by atoms with Gasteiger partial charge in [-0.1, -0.05) is 17.7 Å². The van der Waals surface area contributed by atoms with Crippen LogP contribution in [-0.2, 0) is 4.79 Å². The predicted octanol–water partition coefficient (Wildman–Crippen LogP) is 3.73. The minimum Gasteiger partial charge on any atom is -0.472 e. The fourth-order valence-corrected chi connectivity index (χ4v) is 3.18. The van der Waals surface area contributed by atoms with E-state index >= 15 is 0 Å². The summed E-state index contributed by atoms with van der Waals surface area (Å²) in [6, 6.07) is 7.15. The van der Waals surface area contributed by atoms with E-state index < -0.39 is 0 Å². The van der Waals surface area contributed by atoms with Crippen molar-refractivity contribution in [3.63, 3.8) is 0 Å². The molecule has 5 nitrogen and oxygen atoms in total. The van der Waals surface area contributed by atoms with E-state index in [1.807, 2.05) is 19.1 Å². The number of rotatable bonds is 3. The molecule has 1 aliphatic rings. The van der Waals surface area contributed by atoms with Crippen LogP contribution in [0, 0.1) is 12.8 Å². The summed E-state index contributed by atoms with van der Waals surface area (Å²) in [5.74, 6) is -0.452. The number of likely N-dealkylation sites (tertiary alicyclic amines) is 1. The minimum atomic E-state index is -0.244. The highest BCUT2D eigenvalue weighted by Gasteiger charge is 2.29. The van der Waals surface area contributed by atoms with Crippen molar-refractivity contribution in [1.82, 2.24) is 4.90 Å². The molecule has 2 aromatic rings. The topological polar surface area (TPSA) is 62.6 Å². The van der Waals surface area contributed by atoms with E-state index in [1.165, 1.54) is 12.5 Å². The first-order chi connectivity index (χ1) is 11.5. The fraction of sp³-hybridized carbons (Fsp3) is 0.333. The molecule has 1 aromatic carbocycles. The van der Waals surface area contributed by atoms with Gasteiger partial charge in [-0.2, -0.15) is 0 Å². The second kappa shape index (κ2) is 7.09. The second-order valence-electron chi connectivity index (χ2n) is 6.07. The number of benzene rings is 1. The maximum absolute atomic E-state index is 12.5. The maximum atomic E-state index is 12.5. The molecule has 1 aliphatic heterocycles. The third kappa shape index (κ3) is 3.62. The van der Waals surface area contributed by atoms with Gasteiger partial charge in [-0.3, -0.25) is 9.59 Å². The van der Waals surface area contributed by atoms with Crippen LogP contribution in [-0.4, -0.2) is 29.8 Å². The van der Waals surface area contributed by atoms with Gasteiger partial charge >= 0.3 is 0 Å². The Morgan fingerprint density at radius 1 is 1.33 bits per heavy atom. The first kappa shape index (κ1) is 16.6. The van der Waals surface area contributed by atoms with Gasteiger partial charge in [0.05, 0.1) is 28.5 Å². The highest BCUT2D eigenvalue weighted by Crippen LogP contribution is 2.25. The summed E-state index contributed by atoms with van der Waals surface area (Å²) in [5.41, 5.74) is 2.15. The summed E-state index contributed by atoms with van der Waals surface area (Å²) in [5, 5.41) is 3.39. The summed E-state index contributed by atoms with van der Waals surface area (Å²) in [7, 11) is 0. The van der Waals surface area contributed by atoms with Gasteiger partial charge in [0.15, 0.2) is 0 Å². The number of anilines is 1. The molecule has 1 atom stereocenters. The smallest absolute Gasteiger partial charge is 0.257 e. The molecule has 2 heterocycles. The van der Waals surface area contributed by atoms with E-state index in [1.54, 1.807) is 17.0 Å². The second-order valence-corrected chi connectivity index (χ2v) is 6.48. The normalized spacial score (nSPS) is 17.6. The number of hydrogen-bond acceptors (Lipinski definition) is 3. The van der Waals surface area contributed by atoms with Crippen LogP contribution in [0.1, 0.15) is 28.8 Å². The molecule has 0 radical (unpaired) electrons. The third-order valence-electron chi connectivity index (χ3n) is 4.23. The van der Waals surface area contributed by atoms with Gasteiger partial charge in [0.25, 0.3) is 5.91 Å². The molecule has 126 valence electrons. The Kier molecular flexibility index (Phi) is 4.90. The van der Waals surface area contributed by atoms with Crippen molar-refractivity contribution >= 4 is 29.1 Å². The summed E-state index contributed by atoms with van der Waals surface area (Å²) in [6.07, 6.45) is 4.45. The Bertz CT molecular complexity index is 743. The van der Waals surface area contributed by atoms with E-state index in [0.717, 1.165) is 18.4 Å².